The van der Waals surface area contributed by atoms with E-state index in [-0.39, 0.29) is 24.4 Å². The highest BCUT2D eigenvalue weighted by Crippen LogP contribution is 2.46. The largest absolute Gasteiger partial charge is 0.355 e. The van der Waals surface area contributed by atoms with E-state index in [2.05, 4.69) is 60.3 Å². The van der Waals surface area contributed by atoms with Crippen LogP contribution >= 0.6 is 0 Å². The maximum atomic E-state index is 13.6. The van der Waals surface area contributed by atoms with Gasteiger partial charge in [-0.1, -0.05) is 73.2 Å². The Morgan fingerprint density at radius 3 is 2.44 bits per heavy atom. The van der Waals surface area contributed by atoms with Gasteiger partial charge in [0.1, 0.15) is 6.54 Å². The third-order valence-electron chi connectivity index (χ3n) is 6.69. The summed E-state index contributed by atoms with van der Waals surface area (Å²) < 4.78 is 2.20. The summed E-state index contributed by atoms with van der Waals surface area (Å²) in [7, 11) is 2.07. The molecule has 172 valence electrons. The number of nitrogens with zero attached hydrogens (tertiary/aromatic N) is 2. The Bertz CT molecular complexity index is 1380. The number of hydrogen-bond donors (Lipinski definition) is 1. The van der Waals surface area contributed by atoms with E-state index in [4.69, 9.17) is 0 Å². The van der Waals surface area contributed by atoms with Gasteiger partial charge >= 0.3 is 0 Å². The summed E-state index contributed by atoms with van der Waals surface area (Å²) in [5.74, 6) is -0.236. The lowest BCUT2D eigenvalue weighted by molar-refractivity contribution is -0.122. The van der Waals surface area contributed by atoms with Crippen LogP contribution in [0.15, 0.2) is 72.8 Å². The number of fused-ring (bicyclic) bond motifs is 2. The number of para-hydroxylation sites is 1. The van der Waals surface area contributed by atoms with Gasteiger partial charge in [-0.3, -0.25) is 9.59 Å². The highest BCUT2D eigenvalue weighted by molar-refractivity contribution is 6.03. The average Bonchev–Trinajstić information content (AvgIpc) is 3.29. The van der Waals surface area contributed by atoms with Crippen molar-refractivity contribution in [3.8, 4) is 11.3 Å². The van der Waals surface area contributed by atoms with E-state index in [1.54, 1.807) is 4.90 Å². The van der Waals surface area contributed by atoms with Gasteiger partial charge in [-0.05, 0) is 36.6 Å². The standard InChI is InChI=1S/C29H29N3O2/c1-4-17-30-25(33)18-32-28(21-9-5-6-10-22(21)29(32)34)26-23-11-7-8-12-24(23)31(3)27(26)20-15-13-19(2)14-16-20/h5-16,28H,4,17-18H2,1-3H3,(H,30,33)/t28-/m0/s1. The van der Waals surface area contributed by atoms with Crippen LogP contribution < -0.4 is 5.32 Å². The van der Waals surface area contributed by atoms with Gasteiger partial charge in [0.2, 0.25) is 5.91 Å². The van der Waals surface area contributed by atoms with Crippen molar-refractivity contribution in [3.05, 3.63) is 95.1 Å². The predicted molar refractivity (Wildman–Crippen MR) is 136 cm³/mol. The van der Waals surface area contributed by atoms with E-state index in [9.17, 15) is 9.59 Å². The number of carbonyl (C=O) groups excluding carboxylic acids is 2. The van der Waals surface area contributed by atoms with Gasteiger partial charge in [0.15, 0.2) is 0 Å². The molecule has 1 aliphatic rings. The van der Waals surface area contributed by atoms with Crippen LogP contribution in [0.2, 0.25) is 0 Å². The summed E-state index contributed by atoms with van der Waals surface area (Å²) in [6.07, 6.45) is 0.851. The summed E-state index contributed by atoms with van der Waals surface area (Å²) in [4.78, 5) is 28.1. The quantitative estimate of drug-likeness (QED) is 0.437. The minimum absolute atomic E-state index is 0.0226. The molecule has 4 aromatic rings. The number of rotatable bonds is 6. The Balaban J connectivity index is 1.75. The van der Waals surface area contributed by atoms with Gasteiger partial charge < -0.3 is 14.8 Å². The Hall–Kier alpha value is -3.86. The maximum absolute atomic E-state index is 13.6. The van der Waals surface area contributed by atoms with Gasteiger partial charge in [0.25, 0.3) is 5.91 Å². The van der Waals surface area contributed by atoms with Crippen molar-refractivity contribution in [2.24, 2.45) is 7.05 Å². The lowest BCUT2D eigenvalue weighted by atomic mass is 9.93. The Morgan fingerprint density at radius 1 is 0.971 bits per heavy atom. The van der Waals surface area contributed by atoms with Gasteiger partial charge in [-0.15, -0.1) is 0 Å². The van der Waals surface area contributed by atoms with Crippen LogP contribution in [0.4, 0.5) is 0 Å². The van der Waals surface area contributed by atoms with Gasteiger partial charge in [0.05, 0.1) is 11.7 Å². The zero-order chi connectivity index (χ0) is 23.8. The number of amides is 2. The zero-order valence-corrected chi connectivity index (χ0v) is 19.8. The fourth-order valence-corrected chi connectivity index (χ4v) is 5.08. The predicted octanol–water partition coefficient (Wildman–Crippen LogP) is 5.23. The van der Waals surface area contributed by atoms with Crippen molar-refractivity contribution >= 4 is 22.7 Å². The second-order valence-electron chi connectivity index (χ2n) is 8.98. The number of aromatic nitrogens is 1. The molecule has 0 radical (unpaired) electrons. The molecule has 1 N–H and O–H groups in total. The molecule has 0 spiro atoms. The van der Waals surface area contributed by atoms with E-state index in [1.807, 2.05) is 43.3 Å². The number of benzene rings is 3. The Morgan fingerprint density at radius 2 is 1.68 bits per heavy atom. The normalized spacial score (nSPS) is 15.1. The van der Waals surface area contributed by atoms with Crippen molar-refractivity contribution in [1.82, 2.24) is 14.8 Å². The molecule has 5 nitrogen and oxygen atoms in total. The fraction of sp³-hybridized carbons (Fsp3) is 0.241. The van der Waals surface area contributed by atoms with Crippen LogP contribution in [-0.2, 0) is 11.8 Å². The summed E-state index contributed by atoms with van der Waals surface area (Å²) in [6.45, 7) is 4.72. The molecule has 0 saturated heterocycles. The van der Waals surface area contributed by atoms with Crippen LogP contribution in [-0.4, -0.2) is 34.4 Å². The van der Waals surface area contributed by atoms with Crippen molar-refractivity contribution in [1.29, 1.82) is 0 Å². The second kappa shape index (κ2) is 8.82. The van der Waals surface area contributed by atoms with Crippen LogP contribution in [0.1, 0.15) is 46.4 Å². The molecule has 2 amide bonds. The number of carbonyl (C=O) groups is 2. The lowest BCUT2D eigenvalue weighted by Gasteiger charge is -2.26. The molecule has 1 aliphatic heterocycles. The highest BCUT2D eigenvalue weighted by atomic mass is 16.2. The molecule has 1 atom stereocenters. The molecule has 3 aromatic carbocycles. The van der Waals surface area contributed by atoms with Crippen LogP contribution in [0, 0.1) is 6.92 Å². The molecule has 34 heavy (non-hydrogen) atoms. The first-order valence-electron chi connectivity index (χ1n) is 11.8. The minimum atomic E-state index is -0.349. The van der Waals surface area contributed by atoms with E-state index in [0.717, 1.165) is 39.7 Å². The molecule has 0 aliphatic carbocycles. The smallest absolute Gasteiger partial charge is 0.255 e. The van der Waals surface area contributed by atoms with E-state index in [0.29, 0.717) is 12.1 Å². The van der Waals surface area contributed by atoms with Crippen LogP contribution in [0.3, 0.4) is 0 Å². The first kappa shape index (κ1) is 22.0. The summed E-state index contributed by atoms with van der Waals surface area (Å²) in [5.41, 5.74) is 7.11. The third kappa shape index (κ3) is 3.58. The number of nitrogens with one attached hydrogen (secondary N) is 1. The first-order valence-corrected chi connectivity index (χ1v) is 11.8. The second-order valence-corrected chi connectivity index (χ2v) is 8.98. The van der Waals surface area contributed by atoms with E-state index >= 15 is 0 Å². The van der Waals surface area contributed by atoms with Crippen molar-refractivity contribution < 1.29 is 9.59 Å². The minimum Gasteiger partial charge on any atom is -0.355 e. The molecule has 0 bridgehead atoms. The van der Waals surface area contributed by atoms with Gasteiger partial charge in [-0.25, -0.2) is 0 Å². The Labute approximate surface area is 200 Å². The third-order valence-corrected chi connectivity index (χ3v) is 6.69. The molecule has 2 heterocycles. The molecule has 0 saturated carbocycles. The summed E-state index contributed by atoms with van der Waals surface area (Å²) in [5, 5.41) is 4.03. The monoisotopic (exact) mass is 451 g/mol. The van der Waals surface area contributed by atoms with Crippen molar-refractivity contribution in [3.63, 3.8) is 0 Å². The molecule has 5 rings (SSSR count). The molecular formula is C29H29N3O2. The summed E-state index contributed by atoms with van der Waals surface area (Å²) >= 11 is 0. The molecule has 0 fully saturated rings. The average molecular weight is 452 g/mol. The van der Waals surface area contributed by atoms with Crippen molar-refractivity contribution in [2.45, 2.75) is 26.3 Å². The SMILES string of the molecule is CCCNC(=O)CN1C(=O)c2ccccc2[C@H]1c1c(-c2ccc(C)cc2)n(C)c2ccccc12. The maximum Gasteiger partial charge on any atom is 0.255 e. The highest BCUT2D eigenvalue weighted by Gasteiger charge is 2.41. The Kier molecular flexibility index (Phi) is 5.70. The van der Waals surface area contributed by atoms with Gasteiger partial charge in [-0.2, -0.15) is 0 Å². The summed E-state index contributed by atoms with van der Waals surface area (Å²) in [6, 6.07) is 24.2. The van der Waals surface area contributed by atoms with Gasteiger partial charge in [0, 0.05) is 35.6 Å². The lowest BCUT2D eigenvalue weighted by Crippen LogP contribution is -2.39. The molecular weight excluding hydrogens is 422 g/mol. The number of aryl methyl sites for hydroxylation is 2. The number of hydrogen-bond acceptors (Lipinski definition) is 2. The molecule has 0 unspecified atom stereocenters. The fourth-order valence-electron chi connectivity index (χ4n) is 5.08. The van der Waals surface area contributed by atoms with Crippen molar-refractivity contribution in [2.75, 3.05) is 13.1 Å². The molecule has 1 aromatic heterocycles. The molecule has 5 heteroatoms. The van der Waals surface area contributed by atoms with E-state index < -0.39 is 0 Å². The van der Waals surface area contributed by atoms with Crippen LogP contribution in [0.25, 0.3) is 22.2 Å². The topological polar surface area (TPSA) is 54.3 Å². The zero-order valence-electron chi connectivity index (χ0n) is 19.8. The first-order chi connectivity index (χ1) is 16.5. The van der Waals surface area contributed by atoms with Crippen LogP contribution in [0.5, 0.6) is 0 Å². The van der Waals surface area contributed by atoms with E-state index in [1.165, 1.54) is 5.56 Å².